The molecule has 1 heterocycles. The SMILES string of the molecule is CCOP(C)(=O)N1CCN(c2ccc([N+](=O)[O-])cc2)CC1. The summed E-state index contributed by atoms with van der Waals surface area (Å²) >= 11 is 0. The summed E-state index contributed by atoms with van der Waals surface area (Å²) in [6.07, 6.45) is 0. The highest BCUT2D eigenvalue weighted by Gasteiger charge is 2.29. The van der Waals surface area contributed by atoms with Crippen LogP contribution in [0.2, 0.25) is 0 Å². The minimum atomic E-state index is -2.69. The Morgan fingerprint density at radius 3 is 2.29 bits per heavy atom. The van der Waals surface area contributed by atoms with E-state index in [4.69, 9.17) is 4.52 Å². The highest BCUT2D eigenvalue weighted by atomic mass is 31.2. The molecule has 21 heavy (non-hydrogen) atoms. The van der Waals surface area contributed by atoms with E-state index in [9.17, 15) is 14.7 Å². The van der Waals surface area contributed by atoms with Gasteiger partial charge in [-0.3, -0.25) is 14.7 Å². The maximum absolute atomic E-state index is 12.3. The van der Waals surface area contributed by atoms with Gasteiger partial charge in [0.25, 0.3) is 13.2 Å². The maximum atomic E-state index is 12.3. The van der Waals surface area contributed by atoms with E-state index in [1.54, 1.807) is 18.8 Å². The summed E-state index contributed by atoms with van der Waals surface area (Å²) in [5, 5.41) is 10.6. The van der Waals surface area contributed by atoms with Crippen molar-refractivity contribution in [1.29, 1.82) is 0 Å². The summed E-state index contributed by atoms with van der Waals surface area (Å²) in [5.74, 6) is 0. The number of piperazine rings is 1. The fourth-order valence-corrected chi connectivity index (χ4v) is 3.97. The van der Waals surface area contributed by atoms with Crippen molar-refractivity contribution < 1.29 is 14.0 Å². The van der Waals surface area contributed by atoms with Crippen molar-refractivity contribution in [3.8, 4) is 0 Å². The van der Waals surface area contributed by atoms with Crippen molar-refractivity contribution in [1.82, 2.24) is 4.67 Å². The van der Waals surface area contributed by atoms with Crippen LogP contribution in [-0.2, 0) is 9.09 Å². The third kappa shape index (κ3) is 3.81. The van der Waals surface area contributed by atoms with Crippen molar-refractivity contribution in [2.45, 2.75) is 6.92 Å². The lowest BCUT2D eigenvalue weighted by molar-refractivity contribution is -0.384. The molecule has 1 atom stereocenters. The molecule has 1 aliphatic rings. The molecule has 0 saturated carbocycles. The van der Waals surface area contributed by atoms with Gasteiger partial charge in [0.2, 0.25) is 0 Å². The molecule has 7 nitrogen and oxygen atoms in total. The van der Waals surface area contributed by atoms with E-state index in [0.717, 1.165) is 18.8 Å². The van der Waals surface area contributed by atoms with Gasteiger partial charge in [-0.05, 0) is 19.1 Å². The van der Waals surface area contributed by atoms with Gasteiger partial charge in [0.15, 0.2) is 0 Å². The number of nitro groups is 1. The Morgan fingerprint density at radius 1 is 1.24 bits per heavy atom. The molecule has 1 aromatic rings. The molecule has 0 amide bonds. The van der Waals surface area contributed by atoms with Gasteiger partial charge in [-0.15, -0.1) is 0 Å². The van der Waals surface area contributed by atoms with Crippen LogP contribution in [0.25, 0.3) is 0 Å². The van der Waals surface area contributed by atoms with Crippen LogP contribution >= 0.6 is 7.52 Å². The first-order valence-corrected chi connectivity index (χ1v) is 8.93. The Balaban J connectivity index is 1.97. The average molecular weight is 313 g/mol. The molecule has 1 aromatic carbocycles. The molecule has 0 N–H and O–H groups in total. The van der Waals surface area contributed by atoms with Gasteiger partial charge in [-0.2, -0.15) is 0 Å². The number of nitro benzene ring substituents is 1. The minimum Gasteiger partial charge on any atom is -0.369 e. The van der Waals surface area contributed by atoms with Gasteiger partial charge in [0.05, 0.1) is 11.5 Å². The molecular weight excluding hydrogens is 293 g/mol. The van der Waals surface area contributed by atoms with E-state index in [-0.39, 0.29) is 5.69 Å². The third-order valence-corrected chi connectivity index (χ3v) is 5.73. The fraction of sp³-hybridized carbons (Fsp3) is 0.538. The number of hydrogen-bond acceptors (Lipinski definition) is 5. The van der Waals surface area contributed by atoms with Crippen LogP contribution in [0.4, 0.5) is 11.4 Å². The van der Waals surface area contributed by atoms with Crippen molar-refractivity contribution >= 4 is 18.9 Å². The molecule has 1 saturated heterocycles. The quantitative estimate of drug-likeness (QED) is 0.472. The number of non-ortho nitro benzene ring substituents is 1. The van der Waals surface area contributed by atoms with Crippen LogP contribution in [0.5, 0.6) is 0 Å². The van der Waals surface area contributed by atoms with Crippen LogP contribution in [-0.4, -0.2) is 49.0 Å². The summed E-state index contributed by atoms with van der Waals surface area (Å²) < 4.78 is 19.6. The second-order valence-electron chi connectivity index (χ2n) is 4.93. The lowest BCUT2D eigenvalue weighted by Gasteiger charge is -2.38. The Morgan fingerprint density at radius 2 is 1.81 bits per heavy atom. The normalized spacial score (nSPS) is 19.2. The second kappa shape index (κ2) is 6.56. The van der Waals surface area contributed by atoms with Crippen LogP contribution in [0, 0.1) is 10.1 Å². The highest BCUT2D eigenvalue weighted by molar-refractivity contribution is 7.55. The first-order chi connectivity index (χ1) is 9.94. The topological polar surface area (TPSA) is 75.9 Å². The van der Waals surface area contributed by atoms with Crippen molar-refractivity contribution in [3.63, 3.8) is 0 Å². The minimum absolute atomic E-state index is 0.0896. The third-order valence-electron chi connectivity index (χ3n) is 3.56. The van der Waals surface area contributed by atoms with Gasteiger partial charge < -0.3 is 9.42 Å². The van der Waals surface area contributed by atoms with E-state index in [1.807, 2.05) is 11.6 Å². The van der Waals surface area contributed by atoms with Crippen LogP contribution < -0.4 is 4.90 Å². The van der Waals surface area contributed by atoms with E-state index in [0.29, 0.717) is 19.7 Å². The smallest absolute Gasteiger partial charge is 0.269 e. The molecule has 2 rings (SSSR count). The number of rotatable bonds is 5. The maximum Gasteiger partial charge on any atom is 0.269 e. The second-order valence-corrected chi connectivity index (χ2v) is 7.36. The first kappa shape index (κ1) is 15.9. The number of hydrogen-bond donors (Lipinski definition) is 0. The van der Waals surface area contributed by atoms with E-state index in [2.05, 4.69) is 4.90 Å². The molecule has 0 bridgehead atoms. The zero-order valence-corrected chi connectivity index (χ0v) is 13.2. The largest absolute Gasteiger partial charge is 0.369 e. The molecular formula is C13H20N3O4P. The van der Waals surface area contributed by atoms with E-state index >= 15 is 0 Å². The van der Waals surface area contributed by atoms with Crippen molar-refractivity contribution in [2.75, 3.05) is 44.4 Å². The molecule has 1 unspecified atom stereocenters. The molecule has 0 spiro atoms. The first-order valence-electron chi connectivity index (χ1n) is 6.91. The molecule has 0 aromatic heterocycles. The Kier molecular flexibility index (Phi) is 4.98. The van der Waals surface area contributed by atoms with Gasteiger partial charge in [-0.25, -0.2) is 4.67 Å². The van der Waals surface area contributed by atoms with Crippen LogP contribution in [0.3, 0.4) is 0 Å². The number of nitrogens with zero attached hydrogens (tertiary/aromatic N) is 3. The zero-order chi connectivity index (χ0) is 15.5. The summed E-state index contributed by atoms with van der Waals surface area (Å²) in [6, 6.07) is 6.52. The van der Waals surface area contributed by atoms with Gasteiger partial charge >= 0.3 is 0 Å². The molecule has 1 aliphatic heterocycles. The molecule has 116 valence electrons. The molecule has 0 radical (unpaired) electrons. The fourth-order valence-electron chi connectivity index (χ4n) is 2.42. The van der Waals surface area contributed by atoms with Gasteiger partial charge in [0.1, 0.15) is 0 Å². The zero-order valence-electron chi connectivity index (χ0n) is 12.3. The van der Waals surface area contributed by atoms with Crippen molar-refractivity contribution in [2.24, 2.45) is 0 Å². The summed E-state index contributed by atoms with van der Waals surface area (Å²) in [5.41, 5.74) is 1.04. The highest BCUT2D eigenvalue weighted by Crippen LogP contribution is 2.47. The summed E-state index contributed by atoms with van der Waals surface area (Å²) in [4.78, 5) is 12.4. The molecule has 0 aliphatic carbocycles. The Hall–Kier alpha value is -1.43. The van der Waals surface area contributed by atoms with E-state index < -0.39 is 12.4 Å². The molecule has 8 heteroatoms. The lowest BCUT2D eigenvalue weighted by atomic mass is 10.2. The Labute approximate surface area is 124 Å². The Bertz CT molecular complexity index is 541. The van der Waals surface area contributed by atoms with Crippen molar-refractivity contribution in [3.05, 3.63) is 34.4 Å². The summed E-state index contributed by atoms with van der Waals surface area (Å²) in [7, 11) is -2.69. The number of benzene rings is 1. The lowest BCUT2D eigenvalue weighted by Crippen LogP contribution is -2.45. The molecule has 1 fully saturated rings. The predicted molar refractivity (Wildman–Crippen MR) is 82.0 cm³/mol. The number of anilines is 1. The standard InChI is InChI=1S/C13H20N3O4P/c1-3-20-21(2,19)15-10-8-14(9-11-15)12-4-6-13(7-5-12)16(17)18/h4-7H,3,8-11H2,1-2H3. The van der Waals surface area contributed by atoms with Crippen LogP contribution in [0.15, 0.2) is 24.3 Å². The predicted octanol–water partition coefficient (Wildman–Crippen LogP) is 2.58. The monoisotopic (exact) mass is 313 g/mol. The van der Waals surface area contributed by atoms with Crippen LogP contribution in [0.1, 0.15) is 6.92 Å². The average Bonchev–Trinajstić information content (AvgIpc) is 2.47. The summed E-state index contributed by atoms with van der Waals surface area (Å²) in [6.45, 7) is 6.69. The van der Waals surface area contributed by atoms with Gasteiger partial charge in [0, 0.05) is 50.7 Å². The van der Waals surface area contributed by atoms with E-state index in [1.165, 1.54) is 12.1 Å². The van der Waals surface area contributed by atoms with Gasteiger partial charge in [-0.1, -0.05) is 0 Å².